The zero-order chi connectivity index (χ0) is 43.9. The molecule has 0 saturated carbocycles. The summed E-state index contributed by atoms with van der Waals surface area (Å²) < 4.78 is 17.8. The molecule has 0 rings (SSSR count). The quantitative estimate of drug-likeness (QED) is 0.0483. The van der Waals surface area contributed by atoms with Crippen LogP contribution in [0.1, 0.15) is 161 Å². The molecule has 0 aromatic heterocycles. The highest BCUT2D eigenvalue weighted by molar-refractivity contribution is 8.12. The van der Waals surface area contributed by atoms with Crippen molar-refractivity contribution >= 4 is 40.5 Å². The van der Waals surface area contributed by atoms with E-state index >= 15 is 0 Å². The molecule has 0 aliphatic rings. The molecule has 5 N–H and O–H groups in total. The highest BCUT2D eigenvalue weighted by Crippen LogP contribution is 2.23. The molecule has 13 nitrogen and oxygen atoms in total. The Morgan fingerprint density at radius 2 is 1.09 bits per heavy atom. The van der Waals surface area contributed by atoms with Gasteiger partial charge < -0.3 is 40.8 Å². The van der Waals surface area contributed by atoms with Crippen LogP contribution >= 0.6 is 11.8 Å². The zero-order valence-corrected chi connectivity index (χ0v) is 39.2. The molecule has 0 aromatic rings. The number of thioether (sulfide) groups is 1. The van der Waals surface area contributed by atoms with Gasteiger partial charge in [-0.2, -0.15) is 0 Å². The number of rotatable bonds is 30. The van der Waals surface area contributed by atoms with Crippen LogP contribution in [0, 0.1) is 5.41 Å². The van der Waals surface area contributed by atoms with Crippen LogP contribution in [0.2, 0.25) is 0 Å². The van der Waals surface area contributed by atoms with E-state index in [0.717, 1.165) is 18.2 Å². The summed E-state index contributed by atoms with van der Waals surface area (Å²) in [5, 5.41) is 15.1. The van der Waals surface area contributed by atoms with Gasteiger partial charge in [-0.15, -0.1) is 0 Å². The van der Waals surface area contributed by atoms with Crippen molar-refractivity contribution in [1.82, 2.24) is 26.6 Å². The van der Waals surface area contributed by atoms with Crippen LogP contribution in [-0.2, 0) is 33.4 Å². The molecule has 0 spiro atoms. The maximum atomic E-state index is 13.5. The van der Waals surface area contributed by atoms with Gasteiger partial charge in [0.2, 0.25) is 17.7 Å². The fourth-order valence-corrected chi connectivity index (χ4v) is 6.26. The summed E-state index contributed by atoms with van der Waals surface area (Å²) in [6, 6.07) is -0.997. The van der Waals surface area contributed by atoms with Gasteiger partial charge in [-0.05, 0) is 133 Å². The van der Waals surface area contributed by atoms with E-state index in [-0.39, 0.29) is 52.3 Å². The lowest BCUT2D eigenvalue weighted by atomic mass is 9.84. The molecule has 2 atom stereocenters. The van der Waals surface area contributed by atoms with E-state index in [2.05, 4.69) is 47.4 Å². The summed E-state index contributed by atoms with van der Waals surface area (Å²) in [5.41, 5.74) is -2.06. The summed E-state index contributed by atoms with van der Waals surface area (Å²) in [5.74, 6) is -0.338. The number of carbonyl (C=O) groups excluding carboxylic acids is 5. The SMILES string of the molecule is CCOC(C)(C)CCC(=O)NCCCC[C@H](NC(=O)CCC(C)(C)OCCC(C)(C)OCCNC(=O)SC)C(=O)NCCCC[C@H](NC(C)(C)C)C(=O)C(C)(C)C. The van der Waals surface area contributed by atoms with E-state index in [1.165, 1.54) is 0 Å². The first kappa shape index (κ1) is 54.7. The number of hydrogen-bond acceptors (Lipinski definition) is 10. The predicted octanol–water partition coefficient (Wildman–Crippen LogP) is 6.84. The topological polar surface area (TPSA) is 173 Å². The molecular weight excluding hydrogens is 747 g/mol. The zero-order valence-electron chi connectivity index (χ0n) is 38.3. The second kappa shape index (κ2) is 26.8. The first-order valence-corrected chi connectivity index (χ1v) is 22.3. The molecule has 0 unspecified atom stereocenters. The van der Waals surface area contributed by atoms with Crippen molar-refractivity contribution in [2.24, 2.45) is 5.41 Å². The lowest BCUT2D eigenvalue weighted by molar-refractivity contribution is -0.130. The standard InChI is InChI=1S/C43H83N5O8S/c1-15-54-41(8,9)24-22-34(49)44-27-18-17-21-33(37(52)45-28-19-16-20-32(48-40(5,6)7)36(51)39(2,3)4)47-35(50)23-25-42(10,11)55-30-26-43(12,13)56-31-29-46-38(53)57-14/h32-33,48H,15-31H2,1-14H3,(H,44,49)(H,45,52)(H,46,53)(H,47,50)/t32-,33-/m0/s1. The van der Waals surface area contributed by atoms with Crippen molar-refractivity contribution in [2.45, 2.75) is 195 Å². The molecule has 14 heteroatoms. The maximum absolute atomic E-state index is 13.5. The molecule has 0 fully saturated rings. The van der Waals surface area contributed by atoms with Crippen LogP contribution < -0.4 is 26.6 Å². The minimum atomic E-state index is -0.722. The molecule has 57 heavy (non-hydrogen) atoms. The Labute approximate surface area is 350 Å². The van der Waals surface area contributed by atoms with Gasteiger partial charge in [-0.1, -0.05) is 32.5 Å². The highest BCUT2D eigenvalue weighted by Gasteiger charge is 2.32. The fraction of sp³-hybridized carbons (Fsp3) is 0.884. The summed E-state index contributed by atoms with van der Waals surface area (Å²) in [6.45, 7) is 28.5. The number of ketones is 1. The predicted molar refractivity (Wildman–Crippen MR) is 233 cm³/mol. The monoisotopic (exact) mass is 830 g/mol. The van der Waals surface area contributed by atoms with E-state index in [1.807, 2.05) is 69.2 Å². The third-order valence-electron chi connectivity index (χ3n) is 9.47. The van der Waals surface area contributed by atoms with Crippen LogP contribution in [0.25, 0.3) is 0 Å². The first-order chi connectivity index (χ1) is 26.2. The summed E-state index contributed by atoms with van der Waals surface area (Å²) in [4.78, 5) is 63.7. The third kappa shape index (κ3) is 28.7. The van der Waals surface area contributed by atoms with Gasteiger partial charge in [0.15, 0.2) is 5.78 Å². The average molecular weight is 830 g/mol. The van der Waals surface area contributed by atoms with Crippen molar-refractivity contribution < 1.29 is 38.2 Å². The van der Waals surface area contributed by atoms with Crippen molar-refractivity contribution in [3.8, 4) is 0 Å². The normalized spacial score (nSPS) is 13.8. The van der Waals surface area contributed by atoms with Gasteiger partial charge in [-0.25, -0.2) is 0 Å². The summed E-state index contributed by atoms with van der Waals surface area (Å²) in [7, 11) is 0. The van der Waals surface area contributed by atoms with Gasteiger partial charge in [-0.3, -0.25) is 24.0 Å². The van der Waals surface area contributed by atoms with E-state index in [0.29, 0.717) is 97.2 Å². The van der Waals surface area contributed by atoms with E-state index in [4.69, 9.17) is 14.2 Å². The van der Waals surface area contributed by atoms with Crippen molar-refractivity contribution in [2.75, 3.05) is 45.7 Å². The number of carbonyl (C=O) groups is 5. The number of Topliss-reactive ketones (excluding diaryl/α,β-unsaturated/α-hetero) is 1. The number of unbranched alkanes of at least 4 members (excludes halogenated alkanes) is 2. The molecule has 0 aliphatic heterocycles. The lowest BCUT2D eigenvalue weighted by Gasteiger charge is -2.32. The average Bonchev–Trinajstić information content (AvgIpc) is 3.08. The third-order valence-corrected chi connectivity index (χ3v) is 9.98. The Hall–Kier alpha value is -2.26. The number of ether oxygens (including phenoxy) is 3. The number of amides is 4. The Bertz CT molecular complexity index is 1210. The Balaban J connectivity index is 5.21. The minimum Gasteiger partial charge on any atom is -0.376 e. The van der Waals surface area contributed by atoms with Gasteiger partial charge in [0, 0.05) is 50.0 Å². The fourth-order valence-electron chi connectivity index (χ4n) is 6.01. The Kier molecular flexibility index (Phi) is 25.7. The number of nitrogens with one attached hydrogen (secondary N) is 5. The summed E-state index contributed by atoms with van der Waals surface area (Å²) in [6.07, 6.45) is 7.83. The van der Waals surface area contributed by atoms with E-state index < -0.39 is 22.7 Å². The van der Waals surface area contributed by atoms with E-state index in [1.54, 1.807) is 6.26 Å². The van der Waals surface area contributed by atoms with Crippen molar-refractivity contribution in [1.29, 1.82) is 0 Å². The van der Waals surface area contributed by atoms with Gasteiger partial charge in [0.05, 0.1) is 36.1 Å². The summed E-state index contributed by atoms with van der Waals surface area (Å²) >= 11 is 1.13. The maximum Gasteiger partial charge on any atom is 0.278 e. The molecule has 0 aromatic carbocycles. The van der Waals surface area contributed by atoms with Gasteiger partial charge in [0.1, 0.15) is 6.04 Å². The second-order valence-corrected chi connectivity index (χ2v) is 19.7. The van der Waals surface area contributed by atoms with Crippen LogP contribution in [0.5, 0.6) is 0 Å². The molecular formula is C43H83N5O8S. The molecule has 334 valence electrons. The molecule has 4 amide bonds. The molecule has 0 bridgehead atoms. The van der Waals surface area contributed by atoms with Gasteiger partial charge >= 0.3 is 0 Å². The van der Waals surface area contributed by atoms with Crippen molar-refractivity contribution in [3.63, 3.8) is 0 Å². The van der Waals surface area contributed by atoms with Crippen molar-refractivity contribution in [3.05, 3.63) is 0 Å². The molecule has 0 radical (unpaired) electrons. The number of hydrogen-bond donors (Lipinski definition) is 5. The lowest BCUT2D eigenvalue weighted by Crippen LogP contribution is -2.50. The molecule has 0 heterocycles. The van der Waals surface area contributed by atoms with Crippen LogP contribution in [0.15, 0.2) is 0 Å². The molecule has 0 aliphatic carbocycles. The first-order valence-electron chi connectivity index (χ1n) is 21.1. The van der Waals surface area contributed by atoms with Crippen LogP contribution in [-0.4, -0.2) is 109 Å². The smallest absolute Gasteiger partial charge is 0.278 e. The van der Waals surface area contributed by atoms with Crippen LogP contribution in [0.4, 0.5) is 4.79 Å². The highest BCUT2D eigenvalue weighted by atomic mass is 32.2. The van der Waals surface area contributed by atoms with Gasteiger partial charge in [0.25, 0.3) is 5.24 Å². The van der Waals surface area contributed by atoms with E-state index in [9.17, 15) is 24.0 Å². The Morgan fingerprint density at radius 1 is 0.579 bits per heavy atom. The second-order valence-electron chi connectivity index (χ2n) is 18.9. The minimum absolute atomic E-state index is 0.0351. The van der Waals surface area contributed by atoms with Crippen LogP contribution in [0.3, 0.4) is 0 Å². The largest absolute Gasteiger partial charge is 0.376 e. The molecule has 0 saturated heterocycles. The Morgan fingerprint density at radius 3 is 1.63 bits per heavy atom.